The minimum Gasteiger partial charge on any atom is -0.337 e. The monoisotopic (exact) mass is 395 g/mol. The maximum Gasteiger partial charge on any atom is 0.327 e. The summed E-state index contributed by atoms with van der Waals surface area (Å²) in [5.74, 6) is -0.265. The number of benzene rings is 1. The summed E-state index contributed by atoms with van der Waals surface area (Å²) in [6, 6.07) is 9.40. The first-order chi connectivity index (χ1) is 13.8. The van der Waals surface area contributed by atoms with Crippen LogP contribution in [0.25, 0.3) is 0 Å². The summed E-state index contributed by atoms with van der Waals surface area (Å²) < 4.78 is 1.72. The van der Waals surface area contributed by atoms with E-state index in [4.69, 9.17) is 0 Å². The largest absolute Gasteiger partial charge is 0.337 e. The SMILES string of the molecule is Cc1ncn(C)c1C(=O)N1CCC2(CC1)C(=O)N(C)C(=O)N2Cc1ccccc1. The summed E-state index contributed by atoms with van der Waals surface area (Å²) in [7, 11) is 3.34. The molecule has 0 N–H and O–H groups in total. The molecule has 8 nitrogen and oxygen atoms in total. The minimum absolute atomic E-state index is 0.0860. The Morgan fingerprint density at radius 3 is 2.34 bits per heavy atom. The van der Waals surface area contributed by atoms with Crippen LogP contribution in [0.5, 0.6) is 0 Å². The highest BCUT2D eigenvalue weighted by atomic mass is 16.2. The third-order valence-electron chi connectivity index (χ3n) is 6.12. The summed E-state index contributed by atoms with van der Waals surface area (Å²) >= 11 is 0. The molecule has 2 aromatic rings. The maximum absolute atomic E-state index is 13.1. The zero-order valence-electron chi connectivity index (χ0n) is 17.0. The Morgan fingerprint density at radius 2 is 1.76 bits per heavy atom. The molecule has 0 saturated carbocycles. The summed E-state index contributed by atoms with van der Waals surface area (Å²) in [5, 5.41) is 0. The maximum atomic E-state index is 13.1. The van der Waals surface area contributed by atoms with E-state index in [-0.39, 0.29) is 17.8 Å². The van der Waals surface area contributed by atoms with Crippen molar-refractivity contribution in [3.05, 3.63) is 53.6 Å². The lowest BCUT2D eigenvalue weighted by Gasteiger charge is -2.42. The molecule has 2 fully saturated rings. The van der Waals surface area contributed by atoms with Gasteiger partial charge >= 0.3 is 6.03 Å². The van der Waals surface area contributed by atoms with Gasteiger partial charge in [-0.3, -0.25) is 14.5 Å². The van der Waals surface area contributed by atoms with Crippen LogP contribution in [-0.4, -0.2) is 67.8 Å². The molecule has 0 bridgehead atoms. The molecule has 0 radical (unpaired) electrons. The van der Waals surface area contributed by atoms with Gasteiger partial charge < -0.3 is 14.4 Å². The van der Waals surface area contributed by atoms with Crippen molar-refractivity contribution < 1.29 is 14.4 Å². The van der Waals surface area contributed by atoms with Crippen molar-refractivity contribution in [1.29, 1.82) is 0 Å². The molecule has 0 unspecified atom stereocenters. The Labute approximate surface area is 169 Å². The van der Waals surface area contributed by atoms with Crippen molar-refractivity contribution in [3.8, 4) is 0 Å². The molecule has 2 aliphatic rings. The van der Waals surface area contributed by atoms with Crippen LogP contribution in [0, 0.1) is 6.92 Å². The van der Waals surface area contributed by atoms with Gasteiger partial charge in [0.1, 0.15) is 11.2 Å². The number of imide groups is 1. The van der Waals surface area contributed by atoms with Gasteiger partial charge in [0.2, 0.25) is 0 Å². The molecule has 29 heavy (non-hydrogen) atoms. The molecule has 0 aliphatic carbocycles. The number of nitrogens with zero attached hydrogens (tertiary/aromatic N) is 5. The Kier molecular flexibility index (Phi) is 4.64. The fraction of sp³-hybridized carbons (Fsp3) is 0.429. The molecule has 1 aromatic carbocycles. The number of piperidine rings is 1. The number of hydrogen-bond donors (Lipinski definition) is 0. The number of carbonyl (C=O) groups excluding carboxylic acids is 3. The number of likely N-dealkylation sites (tertiary alicyclic amines) is 1. The fourth-order valence-electron chi connectivity index (χ4n) is 4.43. The standard InChI is InChI=1S/C21H25N5O3/c1-15-17(23(2)14-22-15)18(27)25-11-9-21(10-12-25)19(28)24(3)20(29)26(21)13-16-7-5-4-6-8-16/h4-8,14H,9-13H2,1-3H3. The van der Waals surface area contributed by atoms with Gasteiger partial charge in [0.05, 0.1) is 12.0 Å². The number of aryl methyl sites for hydroxylation is 2. The van der Waals surface area contributed by atoms with Crippen molar-refractivity contribution in [1.82, 2.24) is 24.3 Å². The number of amides is 4. The molecule has 0 atom stereocenters. The second-order valence-corrected chi connectivity index (χ2v) is 7.83. The highest BCUT2D eigenvalue weighted by Gasteiger charge is 2.57. The lowest BCUT2D eigenvalue weighted by atomic mass is 9.85. The van der Waals surface area contributed by atoms with E-state index in [2.05, 4.69) is 4.98 Å². The van der Waals surface area contributed by atoms with E-state index >= 15 is 0 Å². The third-order valence-corrected chi connectivity index (χ3v) is 6.12. The van der Waals surface area contributed by atoms with Gasteiger partial charge in [-0.1, -0.05) is 30.3 Å². The van der Waals surface area contributed by atoms with Crippen LogP contribution in [0.2, 0.25) is 0 Å². The zero-order chi connectivity index (χ0) is 20.8. The molecular formula is C21H25N5O3. The first-order valence-corrected chi connectivity index (χ1v) is 9.76. The zero-order valence-corrected chi connectivity index (χ0v) is 17.0. The topological polar surface area (TPSA) is 78.8 Å². The predicted molar refractivity (Wildman–Crippen MR) is 106 cm³/mol. The van der Waals surface area contributed by atoms with Crippen molar-refractivity contribution in [3.63, 3.8) is 0 Å². The van der Waals surface area contributed by atoms with Gasteiger partial charge in [0.25, 0.3) is 11.8 Å². The number of aromatic nitrogens is 2. The van der Waals surface area contributed by atoms with Crippen LogP contribution in [0.4, 0.5) is 4.79 Å². The van der Waals surface area contributed by atoms with Gasteiger partial charge in [0.15, 0.2) is 0 Å². The van der Waals surface area contributed by atoms with Crippen LogP contribution >= 0.6 is 0 Å². The average Bonchev–Trinajstić information content (AvgIpc) is 3.15. The van der Waals surface area contributed by atoms with E-state index in [0.717, 1.165) is 5.56 Å². The van der Waals surface area contributed by atoms with Gasteiger partial charge in [-0.2, -0.15) is 0 Å². The number of rotatable bonds is 3. The average molecular weight is 395 g/mol. The lowest BCUT2D eigenvalue weighted by molar-refractivity contribution is -0.134. The van der Waals surface area contributed by atoms with Crippen LogP contribution in [0.15, 0.2) is 36.7 Å². The van der Waals surface area contributed by atoms with E-state index in [0.29, 0.717) is 43.9 Å². The molecule has 4 amide bonds. The normalized spacial score (nSPS) is 18.8. The number of urea groups is 1. The van der Waals surface area contributed by atoms with Crippen molar-refractivity contribution >= 4 is 17.8 Å². The molecule has 152 valence electrons. The Hall–Kier alpha value is -3.16. The van der Waals surface area contributed by atoms with E-state index in [1.54, 1.807) is 27.7 Å². The Balaban J connectivity index is 1.56. The van der Waals surface area contributed by atoms with E-state index in [9.17, 15) is 14.4 Å². The predicted octanol–water partition coefficient (Wildman–Crippen LogP) is 1.80. The molecule has 1 spiro atoms. The third kappa shape index (κ3) is 2.99. The van der Waals surface area contributed by atoms with Gasteiger partial charge in [-0.25, -0.2) is 9.78 Å². The van der Waals surface area contributed by atoms with Crippen molar-refractivity contribution in [2.75, 3.05) is 20.1 Å². The number of imidazole rings is 1. The molecule has 8 heteroatoms. The summed E-state index contributed by atoms with van der Waals surface area (Å²) in [6.45, 7) is 3.03. The summed E-state index contributed by atoms with van der Waals surface area (Å²) in [4.78, 5) is 47.7. The quantitative estimate of drug-likeness (QED) is 0.743. The molecule has 1 aromatic heterocycles. The van der Waals surface area contributed by atoms with Crippen LogP contribution < -0.4 is 0 Å². The van der Waals surface area contributed by atoms with E-state index in [1.807, 2.05) is 37.3 Å². The van der Waals surface area contributed by atoms with Crippen LogP contribution in [0.1, 0.15) is 34.6 Å². The van der Waals surface area contributed by atoms with Crippen LogP contribution in [-0.2, 0) is 18.4 Å². The Morgan fingerprint density at radius 1 is 1.10 bits per heavy atom. The first kappa shape index (κ1) is 19.2. The van der Waals surface area contributed by atoms with Gasteiger partial charge in [-0.05, 0) is 25.3 Å². The highest BCUT2D eigenvalue weighted by Crippen LogP contribution is 2.38. The minimum atomic E-state index is -0.889. The van der Waals surface area contributed by atoms with Crippen molar-refractivity contribution in [2.24, 2.45) is 7.05 Å². The smallest absolute Gasteiger partial charge is 0.327 e. The molecule has 3 heterocycles. The molecular weight excluding hydrogens is 370 g/mol. The fourth-order valence-corrected chi connectivity index (χ4v) is 4.43. The number of carbonyl (C=O) groups is 3. The Bertz CT molecular complexity index is 940. The number of hydrogen-bond acceptors (Lipinski definition) is 4. The second-order valence-electron chi connectivity index (χ2n) is 7.83. The summed E-state index contributed by atoms with van der Waals surface area (Å²) in [6.07, 6.45) is 2.48. The first-order valence-electron chi connectivity index (χ1n) is 9.76. The van der Waals surface area contributed by atoms with E-state index < -0.39 is 5.54 Å². The molecule has 4 rings (SSSR count). The molecule has 2 saturated heterocycles. The summed E-state index contributed by atoms with van der Waals surface area (Å²) in [5.41, 5.74) is 1.34. The van der Waals surface area contributed by atoms with Crippen molar-refractivity contribution in [2.45, 2.75) is 31.8 Å². The molecule has 2 aliphatic heterocycles. The van der Waals surface area contributed by atoms with Gasteiger partial charge in [0, 0.05) is 33.7 Å². The van der Waals surface area contributed by atoms with Crippen LogP contribution in [0.3, 0.4) is 0 Å². The lowest BCUT2D eigenvalue weighted by Crippen LogP contribution is -2.57. The second kappa shape index (κ2) is 7.02. The van der Waals surface area contributed by atoms with Gasteiger partial charge in [-0.15, -0.1) is 0 Å². The highest BCUT2D eigenvalue weighted by molar-refractivity contribution is 6.07. The van der Waals surface area contributed by atoms with E-state index in [1.165, 1.54) is 11.9 Å². The number of likely N-dealkylation sites (N-methyl/N-ethyl adjacent to an activating group) is 1.